The molecule has 1 aromatic heterocycles. The number of aromatic nitrogens is 1. The lowest BCUT2D eigenvalue weighted by molar-refractivity contribution is 0.0421. The van der Waals surface area contributed by atoms with E-state index in [0.717, 1.165) is 30.6 Å². The Balaban J connectivity index is 1.31. The van der Waals surface area contributed by atoms with E-state index in [4.69, 9.17) is 5.26 Å². The number of benzene rings is 2. The standard InChI is InChI=1S/C30H30FN5O2/c1-20-17-21(2)26(34-28(37)24-5-3-12-33-27(24)35-13-4-14-35)18-25(20)29(38)36-15-10-30(31,11-16-36)23-8-6-22(19-32)7-9-23/h3,5-9,12,17-18H,4,10-11,13-16H2,1-2H3,(H,34,37). The van der Waals surface area contributed by atoms with Crippen LogP contribution < -0.4 is 10.2 Å². The molecule has 38 heavy (non-hydrogen) atoms. The number of hydrogen-bond donors (Lipinski definition) is 1. The molecule has 8 heteroatoms. The van der Waals surface area contributed by atoms with Crippen molar-refractivity contribution in [1.82, 2.24) is 9.88 Å². The summed E-state index contributed by atoms with van der Waals surface area (Å²) in [7, 11) is 0. The number of rotatable bonds is 5. The molecule has 7 nitrogen and oxygen atoms in total. The first-order chi connectivity index (χ1) is 18.3. The third-order valence-corrected chi connectivity index (χ3v) is 7.61. The number of halogens is 1. The first-order valence-corrected chi connectivity index (χ1v) is 12.9. The number of amides is 2. The summed E-state index contributed by atoms with van der Waals surface area (Å²) in [5.41, 5.74) is 2.70. The van der Waals surface area contributed by atoms with E-state index < -0.39 is 5.67 Å². The number of carbonyl (C=O) groups is 2. The van der Waals surface area contributed by atoms with Crippen molar-refractivity contribution in [3.05, 3.63) is 88.1 Å². The maximum absolute atomic E-state index is 15.7. The van der Waals surface area contributed by atoms with Crippen molar-refractivity contribution in [1.29, 1.82) is 5.26 Å². The van der Waals surface area contributed by atoms with Gasteiger partial charge in [-0.1, -0.05) is 18.2 Å². The fourth-order valence-electron chi connectivity index (χ4n) is 5.13. The van der Waals surface area contributed by atoms with Crippen LogP contribution in [0.3, 0.4) is 0 Å². The van der Waals surface area contributed by atoms with Gasteiger partial charge in [0.05, 0.1) is 17.2 Å². The predicted molar refractivity (Wildman–Crippen MR) is 144 cm³/mol. The zero-order chi connectivity index (χ0) is 26.9. The van der Waals surface area contributed by atoms with E-state index in [1.165, 1.54) is 0 Å². The number of alkyl halides is 1. The Kier molecular flexibility index (Phi) is 6.85. The van der Waals surface area contributed by atoms with Gasteiger partial charge in [0.1, 0.15) is 11.5 Å². The van der Waals surface area contributed by atoms with E-state index in [-0.39, 0.29) is 37.7 Å². The van der Waals surface area contributed by atoms with Gasteiger partial charge in [0, 0.05) is 56.5 Å². The highest BCUT2D eigenvalue weighted by Crippen LogP contribution is 2.38. The van der Waals surface area contributed by atoms with Crippen LogP contribution in [0.4, 0.5) is 15.9 Å². The number of hydrogen-bond acceptors (Lipinski definition) is 5. The first-order valence-electron chi connectivity index (χ1n) is 12.9. The summed E-state index contributed by atoms with van der Waals surface area (Å²) in [5, 5.41) is 12.0. The molecule has 194 valence electrons. The summed E-state index contributed by atoms with van der Waals surface area (Å²) in [4.78, 5) is 34.9. The van der Waals surface area contributed by atoms with Crippen molar-refractivity contribution in [3.63, 3.8) is 0 Å². The fourth-order valence-corrected chi connectivity index (χ4v) is 5.13. The lowest BCUT2D eigenvalue weighted by Crippen LogP contribution is -2.43. The average Bonchev–Trinajstić information content (AvgIpc) is 2.89. The Morgan fingerprint density at radius 3 is 2.34 bits per heavy atom. The molecule has 3 aromatic rings. The van der Waals surface area contributed by atoms with Crippen LogP contribution in [-0.4, -0.2) is 47.9 Å². The Morgan fingerprint density at radius 1 is 1.00 bits per heavy atom. The number of aryl methyl sites for hydroxylation is 2. The van der Waals surface area contributed by atoms with E-state index in [1.807, 2.05) is 19.9 Å². The van der Waals surface area contributed by atoms with Crippen molar-refractivity contribution in [2.24, 2.45) is 0 Å². The largest absolute Gasteiger partial charge is 0.356 e. The Labute approximate surface area is 221 Å². The second-order valence-corrected chi connectivity index (χ2v) is 10.1. The SMILES string of the molecule is Cc1cc(C)c(C(=O)N2CCC(F)(c3ccc(C#N)cc3)CC2)cc1NC(=O)c1cccnc1N1CCC1. The summed E-state index contributed by atoms with van der Waals surface area (Å²) < 4.78 is 15.7. The van der Waals surface area contributed by atoms with Crippen molar-refractivity contribution in [3.8, 4) is 6.07 Å². The minimum atomic E-state index is -1.54. The van der Waals surface area contributed by atoms with Crippen LogP contribution in [0.1, 0.15) is 62.2 Å². The van der Waals surface area contributed by atoms with Crippen molar-refractivity contribution < 1.29 is 14.0 Å². The highest BCUT2D eigenvalue weighted by molar-refractivity contribution is 6.08. The molecule has 2 amide bonds. The fraction of sp³-hybridized carbons (Fsp3) is 0.333. The van der Waals surface area contributed by atoms with E-state index in [0.29, 0.717) is 33.8 Å². The number of likely N-dealkylation sites (tertiary alicyclic amines) is 1. The van der Waals surface area contributed by atoms with E-state index in [1.54, 1.807) is 53.6 Å². The number of anilines is 2. The highest BCUT2D eigenvalue weighted by Gasteiger charge is 2.38. The minimum absolute atomic E-state index is 0.178. The third kappa shape index (κ3) is 4.84. The molecular weight excluding hydrogens is 481 g/mol. The molecule has 0 atom stereocenters. The van der Waals surface area contributed by atoms with Crippen LogP contribution in [-0.2, 0) is 5.67 Å². The molecule has 3 heterocycles. The molecule has 0 aliphatic carbocycles. The molecule has 2 saturated heterocycles. The van der Waals surface area contributed by atoms with Crippen LogP contribution >= 0.6 is 0 Å². The Morgan fingerprint density at radius 2 is 1.71 bits per heavy atom. The summed E-state index contributed by atoms with van der Waals surface area (Å²) in [6.07, 6.45) is 3.12. The first kappa shape index (κ1) is 25.4. The number of nitrogens with one attached hydrogen (secondary N) is 1. The summed E-state index contributed by atoms with van der Waals surface area (Å²) in [6, 6.07) is 15.7. The maximum atomic E-state index is 15.7. The van der Waals surface area contributed by atoms with Gasteiger partial charge in [0.2, 0.25) is 0 Å². The van der Waals surface area contributed by atoms with Crippen LogP contribution in [0.2, 0.25) is 0 Å². The Hall–Kier alpha value is -4.25. The molecule has 2 aliphatic heterocycles. The molecule has 5 rings (SSSR count). The number of nitrogens with zero attached hydrogens (tertiary/aromatic N) is 4. The predicted octanol–water partition coefficient (Wildman–Crippen LogP) is 5.13. The third-order valence-electron chi connectivity index (χ3n) is 7.61. The molecule has 2 fully saturated rings. The number of nitriles is 1. The van der Waals surface area contributed by atoms with E-state index in [2.05, 4.69) is 21.3 Å². The molecule has 2 aliphatic rings. The van der Waals surface area contributed by atoms with Crippen LogP contribution in [0.5, 0.6) is 0 Å². The molecule has 0 bridgehead atoms. The normalized spacial score (nSPS) is 16.4. The molecular formula is C30H30FN5O2. The second kappa shape index (κ2) is 10.3. The van der Waals surface area contributed by atoms with Crippen LogP contribution in [0.15, 0.2) is 54.7 Å². The lowest BCUT2D eigenvalue weighted by atomic mass is 9.85. The van der Waals surface area contributed by atoms with E-state index >= 15 is 4.39 Å². The molecule has 0 unspecified atom stereocenters. The highest BCUT2D eigenvalue weighted by atomic mass is 19.1. The topological polar surface area (TPSA) is 89.3 Å². The number of pyridine rings is 1. The molecule has 2 aromatic carbocycles. The van der Waals surface area contributed by atoms with Gasteiger partial charge < -0.3 is 15.1 Å². The van der Waals surface area contributed by atoms with Gasteiger partial charge in [-0.3, -0.25) is 9.59 Å². The van der Waals surface area contributed by atoms with Gasteiger partial charge in [-0.2, -0.15) is 5.26 Å². The Bertz CT molecular complexity index is 1420. The summed E-state index contributed by atoms with van der Waals surface area (Å²) in [5.74, 6) is 0.220. The van der Waals surface area contributed by atoms with Gasteiger partial charge in [-0.25, -0.2) is 9.37 Å². The molecule has 0 saturated carbocycles. The lowest BCUT2D eigenvalue weighted by Gasteiger charge is -2.37. The molecule has 1 N–H and O–H groups in total. The minimum Gasteiger partial charge on any atom is -0.356 e. The number of carbonyl (C=O) groups excluding carboxylic acids is 2. The summed E-state index contributed by atoms with van der Waals surface area (Å²) in [6.45, 7) is 6.07. The smallest absolute Gasteiger partial charge is 0.259 e. The maximum Gasteiger partial charge on any atom is 0.259 e. The number of piperidine rings is 1. The summed E-state index contributed by atoms with van der Waals surface area (Å²) >= 11 is 0. The zero-order valence-corrected chi connectivity index (χ0v) is 21.6. The van der Waals surface area contributed by atoms with Gasteiger partial charge in [-0.15, -0.1) is 0 Å². The van der Waals surface area contributed by atoms with Crippen molar-refractivity contribution in [2.75, 3.05) is 36.4 Å². The average molecular weight is 512 g/mol. The monoisotopic (exact) mass is 511 g/mol. The van der Waals surface area contributed by atoms with Gasteiger partial charge >= 0.3 is 0 Å². The van der Waals surface area contributed by atoms with Crippen molar-refractivity contribution in [2.45, 2.75) is 38.8 Å². The second-order valence-electron chi connectivity index (χ2n) is 10.1. The van der Waals surface area contributed by atoms with Gasteiger partial charge in [0.15, 0.2) is 0 Å². The van der Waals surface area contributed by atoms with Gasteiger partial charge in [-0.05, 0) is 67.3 Å². The van der Waals surface area contributed by atoms with Gasteiger partial charge in [0.25, 0.3) is 11.8 Å². The van der Waals surface area contributed by atoms with Crippen LogP contribution in [0.25, 0.3) is 0 Å². The molecule has 0 radical (unpaired) electrons. The zero-order valence-electron chi connectivity index (χ0n) is 21.6. The molecule has 0 spiro atoms. The van der Waals surface area contributed by atoms with Crippen molar-refractivity contribution >= 4 is 23.3 Å². The quantitative estimate of drug-likeness (QED) is 0.513. The van der Waals surface area contributed by atoms with E-state index in [9.17, 15) is 9.59 Å². The van der Waals surface area contributed by atoms with Crippen LogP contribution in [0, 0.1) is 25.2 Å².